The van der Waals surface area contributed by atoms with Crippen LogP contribution in [-0.4, -0.2) is 37.5 Å². The summed E-state index contributed by atoms with van der Waals surface area (Å²) in [5.74, 6) is -1.33. The molecule has 0 saturated heterocycles. The van der Waals surface area contributed by atoms with Crippen LogP contribution in [0.5, 0.6) is 0 Å². The number of carbonyl (C=O) groups excluding carboxylic acids is 1. The lowest BCUT2D eigenvalue weighted by Crippen LogP contribution is -2.49. The molecule has 100 valence electrons. The molecule has 7 nitrogen and oxygen atoms in total. The van der Waals surface area contributed by atoms with Crippen LogP contribution in [0, 0.1) is 0 Å². The monoisotopic (exact) mass is 254 g/mol. The Balaban J connectivity index is 2.83. The first-order valence-electron chi connectivity index (χ1n) is 5.83. The highest BCUT2D eigenvalue weighted by atomic mass is 16.4. The van der Waals surface area contributed by atoms with Crippen molar-refractivity contribution in [3.63, 3.8) is 0 Å². The lowest BCUT2D eigenvalue weighted by molar-refractivity contribution is -0.138. The Hall–Kier alpha value is -1.92. The Morgan fingerprint density at radius 1 is 1.44 bits per heavy atom. The Morgan fingerprint density at radius 3 is 2.44 bits per heavy atom. The van der Waals surface area contributed by atoms with Gasteiger partial charge in [0.15, 0.2) is 5.69 Å². The van der Waals surface area contributed by atoms with E-state index in [1.165, 1.54) is 10.9 Å². The first-order valence-corrected chi connectivity index (χ1v) is 5.83. The van der Waals surface area contributed by atoms with Crippen LogP contribution in [0.25, 0.3) is 0 Å². The molecule has 0 fully saturated rings. The zero-order valence-electron chi connectivity index (χ0n) is 10.8. The van der Waals surface area contributed by atoms with Crippen molar-refractivity contribution in [1.82, 2.24) is 20.3 Å². The van der Waals surface area contributed by atoms with Gasteiger partial charge in [-0.25, -0.2) is 0 Å². The van der Waals surface area contributed by atoms with Crippen LogP contribution in [0.2, 0.25) is 0 Å². The highest BCUT2D eigenvalue weighted by Gasteiger charge is 2.31. The number of aromatic nitrogens is 3. The predicted octanol–water partition coefficient (Wildman–Crippen LogP) is 0.578. The maximum absolute atomic E-state index is 12.0. The molecule has 0 bridgehead atoms. The minimum absolute atomic E-state index is 0.105. The van der Waals surface area contributed by atoms with E-state index in [2.05, 4.69) is 15.6 Å². The van der Waals surface area contributed by atoms with Crippen LogP contribution in [0.15, 0.2) is 6.20 Å². The smallest absolute Gasteiger partial charge is 0.305 e. The normalized spacial score (nSPS) is 11.3. The van der Waals surface area contributed by atoms with Crippen LogP contribution < -0.4 is 5.32 Å². The molecule has 0 aliphatic carbocycles. The topological polar surface area (TPSA) is 97.1 Å². The average molecular weight is 254 g/mol. The van der Waals surface area contributed by atoms with E-state index in [9.17, 15) is 9.59 Å². The molecule has 1 heterocycles. The van der Waals surface area contributed by atoms with E-state index in [0.29, 0.717) is 12.8 Å². The SMILES string of the molecule is CCC(CC)(CC(=O)O)NC(=O)c1cn(C)nn1. The third kappa shape index (κ3) is 3.28. The zero-order chi connectivity index (χ0) is 13.8. The number of rotatable bonds is 6. The maximum atomic E-state index is 12.0. The lowest BCUT2D eigenvalue weighted by Gasteiger charge is -2.30. The summed E-state index contributed by atoms with van der Waals surface area (Å²) >= 11 is 0. The maximum Gasteiger partial charge on any atom is 0.305 e. The van der Waals surface area contributed by atoms with Gasteiger partial charge < -0.3 is 10.4 Å². The summed E-state index contributed by atoms with van der Waals surface area (Å²) < 4.78 is 1.42. The number of carbonyl (C=O) groups is 2. The third-order valence-electron chi connectivity index (χ3n) is 3.06. The number of nitrogens with zero attached hydrogens (tertiary/aromatic N) is 3. The molecule has 1 amide bonds. The van der Waals surface area contributed by atoms with Crippen molar-refractivity contribution in [3.05, 3.63) is 11.9 Å². The Labute approximate surface area is 105 Å². The van der Waals surface area contributed by atoms with Crippen LogP contribution in [0.4, 0.5) is 0 Å². The highest BCUT2D eigenvalue weighted by molar-refractivity contribution is 5.92. The van der Waals surface area contributed by atoms with Gasteiger partial charge in [0.2, 0.25) is 0 Å². The fourth-order valence-corrected chi connectivity index (χ4v) is 1.77. The first kappa shape index (κ1) is 14.1. The minimum Gasteiger partial charge on any atom is -0.481 e. The second-order valence-electron chi connectivity index (χ2n) is 4.29. The number of carboxylic acids is 1. The van der Waals surface area contributed by atoms with Gasteiger partial charge in [-0.05, 0) is 12.8 Å². The van der Waals surface area contributed by atoms with Gasteiger partial charge in [0.25, 0.3) is 5.91 Å². The second kappa shape index (κ2) is 5.61. The standard InChI is InChI=1S/C11H18N4O3/c1-4-11(5-2,6-9(16)17)12-10(18)8-7-15(3)14-13-8/h7H,4-6H2,1-3H3,(H,12,18)(H,16,17). The van der Waals surface area contributed by atoms with Crippen molar-refractivity contribution in [2.45, 2.75) is 38.6 Å². The van der Waals surface area contributed by atoms with Gasteiger partial charge >= 0.3 is 5.97 Å². The first-order chi connectivity index (χ1) is 8.42. The van der Waals surface area contributed by atoms with E-state index in [1.807, 2.05) is 13.8 Å². The number of aryl methyl sites for hydroxylation is 1. The van der Waals surface area contributed by atoms with E-state index in [1.54, 1.807) is 7.05 Å². The molecule has 18 heavy (non-hydrogen) atoms. The summed E-state index contributed by atoms with van der Waals surface area (Å²) in [6.07, 6.45) is 2.47. The molecule has 1 aromatic heterocycles. The molecule has 1 aromatic rings. The summed E-state index contributed by atoms with van der Waals surface area (Å²) in [7, 11) is 1.66. The second-order valence-corrected chi connectivity index (χ2v) is 4.29. The molecule has 2 N–H and O–H groups in total. The van der Waals surface area contributed by atoms with Gasteiger partial charge in [-0.2, -0.15) is 0 Å². The third-order valence-corrected chi connectivity index (χ3v) is 3.06. The van der Waals surface area contributed by atoms with E-state index in [4.69, 9.17) is 5.11 Å². The van der Waals surface area contributed by atoms with Crippen LogP contribution in [-0.2, 0) is 11.8 Å². The Bertz CT molecular complexity index is 437. The fraction of sp³-hybridized carbons (Fsp3) is 0.636. The van der Waals surface area contributed by atoms with E-state index in [0.717, 1.165) is 0 Å². The molecular weight excluding hydrogens is 236 g/mol. The van der Waals surface area contributed by atoms with E-state index < -0.39 is 17.4 Å². The van der Waals surface area contributed by atoms with Crippen LogP contribution in [0.3, 0.4) is 0 Å². The number of amides is 1. The molecule has 0 aliphatic rings. The summed E-state index contributed by atoms with van der Waals surface area (Å²) in [5.41, 5.74) is -0.547. The molecule has 0 aliphatic heterocycles. The molecule has 7 heteroatoms. The van der Waals surface area contributed by atoms with Gasteiger partial charge in [0.05, 0.1) is 18.2 Å². The van der Waals surface area contributed by atoms with Gasteiger partial charge in [-0.1, -0.05) is 19.1 Å². The number of nitrogens with one attached hydrogen (secondary N) is 1. The molecule has 0 unspecified atom stereocenters. The van der Waals surface area contributed by atoms with Gasteiger partial charge in [-0.3, -0.25) is 14.3 Å². The molecular formula is C11H18N4O3. The van der Waals surface area contributed by atoms with Crippen LogP contribution >= 0.6 is 0 Å². The molecule has 0 aromatic carbocycles. The number of aliphatic carboxylic acids is 1. The average Bonchev–Trinajstić information content (AvgIpc) is 2.74. The van der Waals surface area contributed by atoms with Crippen molar-refractivity contribution in [3.8, 4) is 0 Å². The van der Waals surface area contributed by atoms with Gasteiger partial charge in [-0.15, -0.1) is 5.10 Å². The number of hydrogen-bond donors (Lipinski definition) is 2. The Kier molecular flexibility index (Phi) is 4.41. The van der Waals surface area contributed by atoms with E-state index >= 15 is 0 Å². The largest absolute Gasteiger partial charge is 0.481 e. The quantitative estimate of drug-likeness (QED) is 0.773. The van der Waals surface area contributed by atoms with Gasteiger partial charge in [0, 0.05) is 7.05 Å². The molecule has 0 radical (unpaired) electrons. The Morgan fingerprint density at radius 2 is 2.06 bits per heavy atom. The number of hydrogen-bond acceptors (Lipinski definition) is 4. The summed E-state index contributed by atoms with van der Waals surface area (Å²) in [4.78, 5) is 22.8. The van der Waals surface area contributed by atoms with Crippen molar-refractivity contribution in [1.29, 1.82) is 0 Å². The molecule has 0 spiro atoms. The predicted molar refractivity (Wildman–Crippen MR) is 64.0 cm³/mol. The summed E-state index contributed by atoms with van der Waals surface area (Å²) in [6, 6.07) is 0. The molecule has 0 atom stereocenters. The highest BCUT2D eigenvalue weighted by Crippen LogP contribution is 2.20. The summed E-state index contributed by atoms with van der Waals surface area (Å²) in [5, 5.41) is 19.0. The molecule has 1 rings (SSSR count). The van der Waals surface area contributed by atoms with Crippen molar-refractivity contribution >= 4 is 11.9 Å². The fourth-order valence-electron chi connectivity index (χ4n) is 1.77. The zero-order valence-corrected chi connectivity index (χ0v) is 10.8. The van der Waals surface area contributed by atoms with Crippen molar-refractivity contribution in [2.75, 3.05) is 0 Å². The van der Waals surface area contributed by atoms with E-state index in [-0.39, 0.29) is 12.1 Å². The summed E-state index contributed by atoms with van der Waals surface area (Å²) in [6.45, 7) is 3.70. The minimum atomic E-state index is -0.932. The van der Waals surface area contributed by atoms with Gasteiger partial charge in [0.1, 0.15) is 0 Å². The van der Waals surface area contributed by atoms with Crippen LogP contribution in [0.1, 0.15) is 43.6 Å². The lowest BCUT2D eigenvalue weighted by atomic mass is 9.89. The van der Waals surface area contributed by atoms with Crippen molar-refractivity contribution < 1.29 is 14.7 Å². The van der Waals surface area contributed by atoms with Crippen molar-refractivity contribution in [2.24, 2.45) is 7.05 Å². The number of carboxylic acid groups (broad SMARTS) is 1. The molecule has 0 saturated carbocycles.